The molecule has 0 aliphatic heterocycles. The standard InChI is InChI=1S/C19H28N2O3S/c1-4-21(5-2)25(23,24)18-13-11-16(12-14-18)15(3)20-19(22)17-9-7-6-8-10-17/h6-7,11-15,17H,4-5,8-10H2,1-3H3,(H,20,22). The number of hydrogen-bond acceptors (Lipinski definition) is 3. The van der Waals surface area contributed by atoms with Crippen molar-refractivity contribution >= 4 is 15.9 Å². The lowest BCUT2D eigenvalue weighted by atomic mass is 9.93. The summed E-state index contributed by atoms with van der Waals surface area (Å²) in [6.07, 6.45) is 6.80. The fraction of sp³-hybridized carbons (Fsp3) is 0.526. The van der Waals surface area contributed by atoms with E-state index >= 15 is 0 Å². The molecule has 1 aromatic carbocycles. The molecular weight excluding hydrogens is 336 g/mol. The van der Waals surface area contributed by atoms with E-state index in [1.54, 1.807) is 24.3 Å². The second kappa shape index (κ2) is 8.63. The summed E-state index contributed by atoms with van der Waals surface area (Å²) in [5.74, 6) is 0.103. The van der Waals surface area contributed by atoms with Crippen molar-refractivity contribution in [2.75, 3.05) is 13.1 Å². The van der Waals surface area contributed by atoms with Crippen LogP contribution < -0.4 is 5.32 Å². The summed E-state index contributed by atoms with van der Waals surface area (Å²) >= 11 is 0. The Kier molecular flexibility index (Phi) is 6.79. The van der Waals surface area contributed by atoms with Crippen molar-refractivity contribution in [2.24, 2.45) is 5.92 Å². The first-order chi connectivity index (χ1) is 11.9. The zero-order valence-corrected chi connectivity index (χ0v) is 16.1. The highest BCUT2D eigenvalue weighted by Gasteiger charge is 2.23. The number of nitrogens with one attached hydrogen (secondary N) is 1. The summed E-state index contributed by atoms with van der Waals surface area (Å²) in [4.78, 5) is 12.6. The molecule has 0 saturated carbocycles. The number of nitrogens with zero attached hydrogens (tertiary/aromatic N) is 1. The molecule has 1 N–H and O–H groups in total. The van der Waals surface area contributed by atoms with Crippen LogP contribution in [0.1, 0.15) is 51.6 Å². The Balaban J connectivity index is 2.06. The topological polar surface area (TPSA) is 66.5 Å². The van der Waals surface area contributed by atoms with Crippen molar-refractivity contribution in [2.45, 2.75) is 51.0 Å². The van der Waals surface area contributed by atoms with Gasteiger partial charge in [-0.15, -0.1) is 0 Å². The monoisotopic (exact) mass is 364 g/mol. The van der Waals surface area contributed by atoms with Gasteiger partial charge < -0.3 is 5.32 Å². The Hall–Kier alpha value is -1.66. The Morgan fingerprint density at radius 1 is 1.20 bits per heavy atom. The molecule has 0 aromatic heterocycles. The van der Waals surface area contributed by atoms with Gasteiger partial charge in [0.2, 0.25) is 15.9 Å². The molecule has 25 heavy (non-hydrogen) atoms. The summed E-state index contributed by atoms with van der Waals surface area (Å²) < 4.78 is 26.5. The van der Waals surface area contributed by atoms with Gasteiger partial charge in [-0.25, -0.2) is 8.42 Å². The van der Waals surface area contributed by atoms with Crippen LogP contribution in [0.4, 0.5) is 0 Å². The predicted molar refractivity (Wildman–Crippen MR) is 99.6 cm³/mol. The Labute approximate surface area is 151 Å². The van der Waals surface area contributed by atoms with Gasteiger partial charge in [0.05, 0.1) is 10.9 Å². The van der Waals surface area contributed by atoms with Crippen LogP contribution in [0.3, 0.4) is 0 Å². The first-order valence-corrected chi connectivity index (χ1v) is 10.4. The van der Waals surface area contributed by atoms with Crippen molar-refractivity contribution < 1.29 is 13.2 Å². The summed E-state index contributed by atoms with van der Waals surface area (Å²) in [6, 6.07) is 6.65. The van der Waals surface area contributed by atoms with E-state index in [2.05, 4.69) is 17.5 Å². The van der Waals surface area contributed by atoms with Crippen molar-refractivity contribution in [1.82, 2.24) is 9.62 Å². The van der Waals surface area contributed by atoms with Crippen LogP contribution in [0.25, 0.3) is 0 Å². The van der Waals surface area contributed by atoms with E-state index in [-0.39, 0.29) is 22.8 Å². The zero-order valence-electron chi connectivity index (χ0n) is 15.2. The number of amides is 1. The highest BCUT2D eigenvalue weighted by atomic mass is 32.2. The molecule has 138 valence electrons. The second-order valence-electron chi connectivity index (χ2n) is 6.37. The third-order valence-electron chi connectivity index (χ3n) is 4.72. The third-order valence-corrected chi connectivity index (χ3v) is 6.79. The van der Waals surface area contributed by atoms with Crippen LogP contribution in [0, 0.1) is 5.92 Å². The lowest BCUT2D eigenvalue weighted by molar-refractivity contribution is -0.125. The molecule has 0 heterocycles. The van der Waals surface area contributed by atoms with E-state index in [9.17, 15) is 13.2 Å². The Bertz CT molecular complexity index is 707. The molecule has 0 radical (unpaired) electrons. The van der Waals surface area contributed by atoms with E-state index < -0.39 is 10.0 Å². The number of sulfonamides is 1. The smallest absolute Gasteiger partial charge is 0.243 e. The minimum atomic E-state index is -3.45. The van der Waals surface area contributed by atoms with Crippen molar-refractivity contribution in [3.8, 4) is 0 Å². The molecule has 0 spiro atoms. The maximum absolute atomic E-state index is 12.5. The van der Waals surface area contributed by atoms with E-state index in [4.69, 9.17) is 0 Å². The molecule has 1 aromatic rings. The van der Waals surface area contributed by atoms with Crippen LogP contribution in [0.15, 0.2) is 41.3 Å². The summed E-state index contributed by atoms with van der Waals surface area (Å²) in [6.45, 7) is 6.47. The number of benzene rings is 1. The van der Waals surface area contributed by atoms with Gasteiger partial charge in [0.25, 0.3) is 0 Å². The van der Waals surface area contributed by atoms with Crippen molar-refractivity contribution in [1.29, 1.82) is 0 Å². The van der Waals surface area contributed by atoms with Gasteiger partial charge in [-0.2, -0.15) is 4.31 Å². The van der Waals surface area contributed by atoms with Crippen LogP contribution >= 0.6 is 0 Å². The molecule has 1 aliphatic carbocycles. The number of rotatable bonds is 7. The molecule has 2 atom stereocenters. The SMILES string of the molecule is CCN(CC)S(=O)(=O)c1ccc(C(C)NC(=O)C2CC=CCC2)cc1. The maximum atomic E-state index is 12.5. The molecule has 2 unspecified atom stereocenters. The van der Waals surface area contributed by atoms with Crippen LogP contribution in [-0.2, 0) is 14.8 Å². The van der Waals surface area contributed by atoms with Crippen LogP contribution in [-0.4, -0.2) is 31.7 Å². The van der Waals surface area contributed by atoms with Crippen LogP contribution in [0.5, 0.6) is 0 Å². The Morgan fingerprint density at radius 3 is 2.36 bits per heavy atom. The highest BCUT2D eigenvalue weighted by molar-refractivity contribution is 7.89. The molecular formula is C19H28N2O3S. The first-order valence-electron chi connectivity index (χ1n) is 8.95. The minimum absolute atomic E-state index is 0.0368. The van der Waals surface area contributed by atoms with Gasteiger partial charge in [-0.05, 0) is 43.9 Å². The molecule has 0 fully saturated rings. The maximum Gasteiger partial charge on any atom is 0.243 e. The number of hydrogen-bond donors (Lipinski definition) is 1. The number of carbonyl (C=O) groups excluding carboxylic acids is 1. The summed E-state index contributed by atoms with van der Waals surface area (Å²) in [7, 11) is -3.45. The fourth-order valence-corrected chi connectivity index (χ4v) is 4.55. The second-order valence-corrected chi connectivity index (χ2v) is 8.31. The average molecular weight is 365 g/mol. The molecule has 6 heteroatoms. The average Bonchev–Trinajstić information content (AvgIpc) is 2.63. The fourth-order valence-electron chi connectivity index (χ4n) is 3.09. The number of carbonyl (C=O) groups is 1. The molecule has 1 aliphatic rings. The van der Waals surface area contributed by atoms with Gasteiger partial charge in [0.15, 0.2) is 0 Å². The molecule has 0 bridgehead atoms. The summed E-state index contributed by atoms with van der Waals surface area (Å²) in [5.41, 5.74) is 0.901. The van der Waals surface area contributed by atoms with Gasteiger partial charge in [0, 0.05) is 19.0 Å². The van der Waals surface area contributed by atoms with Crippen molar-refractivity contribution in [3.05, 3.63) is 42.0 Å². The normalized spacial score (nSPS) is 19.0. The van der Waals surface area contributed by atoms with E-state index in [0.29, 0.717) is 13.1 Å². The third kappa shape index (κ3) is 4.70. The molecule has 0 saturated heterocycles. The lowest BCUT2D eigenvalue weighted by Crippen LogP contribution is -2.33. The Morgan fingerprint density at radius 2 is 1.84 bits per heavy atom. The largest absolute Gasteiger partial charge is 0.349 e. The van der Waals surface area contributed by atoms with Gasteiger partial charge in [0.1, 0.15) is 0 Å². The molecule has 1 amide bonds. The van der Waals surface area contributed by atoms with E-state index in [1.807, 2.05) is 20.8 Å². The van der Waals surface area contributed by atoms with Gasteiger partial charge >= 0.3 is 0 Å². The van der Waals surface area contributed by atoms with Gasteiger partial charge in [-0.1, -0.05) is 38.1 Å². The zero-order chi connectivity index (χ0) is 18.4. The van der Waals surface area contributed by atoms with Crippen LogP contribution in [0.2, 0.25) is 0 Å². The first kappa shape index (κ1) is 19.7. The van der Waals surface area contributed by atoms with E-state index in [1.165, 1.54) is 4.31 Å². The summed E-state index contributed by atoms with van der Waals surface area (Å²) in [5, 5.41) is 3.04. The molecule has 5 nitrogen and oxygen atoms in total. The minimum Gasteiger partial charge on any atom is -0.349 e. The number of allylic oxidation sites excluding steroid dienone is 2. The predicted octanol–water partition coefficient (Wildman–Crippen LogP) is 3.25. The van der Waals surface area contributed by atoms with Crippen molar-refractivity contribution in [3.63, 3.8) is 0 Å². The highest BCUT2D eigenvalue weighted by Crippen LogP contribution is 2.22. The lowest BCUT2D eigenvalue weighted by Gasteiger charge is -2.22. The molecule has 2 rings (SSSR count). The van der Waals surface area contributed by atoms with Gasteiger partial charge in [-0.3, -0.25) is 4.79 Å². The quantitative estimate of drug-likeness (QED) is 0.755. The van der Waals surface area contributed by atoms with E-state index in [0.717, 1.165) is 24.8 Å².